The first-order valence-electron chi connectivity index (χ1n) is 13.1. The number of methoxy groups -OCH3 is 1. The van der Waals surface area contributed by atoms with Crippen molar-refractivity contribution in [3.05, 3.63) is 94.5 Å². The Hall–Kier alpha value is -2.19. The fourth-order valence-corrected chi connectivity index (χ4v) is 6.51. The van der Waals surface area contributed by atoms with Crippen LogP contribution in [0.25, 0.3) is 0 Å². The minimum absolute atomic E-state index is 0.0155. The Morgan fingerprint density at radius 1 is 0.833 bits per heavy atom. The summed E-state index contributed by atoms with van der Waals surface area (Å²) in [6.07, 6.45) is 2.92. The topological polar surface area (TPSA) is 30.5 Å². The van der Waals surface area contributed by atoms with E-state index in [1.807, 2.05) is 0 Å². The molecule has 0 saturated carbocycles. The molecule has 1 atom stereocenters. The van der Waals surface area contributed by atoms with Crippen LogP contribution in [0.2, 0.25) is 0 Å². The smallest absolute Gasteiger partial charge is 0.188 e. The van der Waals surface area contributed by atoms with Gasteiger partial charge in [-0.2, -0.15) is 0 Å². The number of nitrogens with one attached hydrogen (secondary N) is 1. The van der Waals surface area contributed by atoms with Crippen LogP contribution in [0.1, 0.15) is 75.3 Å². The summed E-state index contributed by atoms with van der Waals surface area (Å²) in [6.45, 7) is 14.7. The Kier molecular flexibility index (Phi) is 10.1. The second-order valence-electron chi connectivity index (χ2n) is 10.6. The number of hydrogen-bond acceptors (Lipinski definition) is 3. The molecule has 3 aromatic carbocycles. The molecule has 0 aliphatic carbocycles. The van der Waals surface area contributed by atoms with E-state index in [0.29, 0.717) is 8.58 Å². The highest BCUT2D eigenvalue weighted by Crippen LogP contribution is 2.51. The molecule has 0 radical (unpaired) electrons. The van der Waals surface area contributed by atoms with Crippen LogP contribution in [-0.2, 0) is 22.9 Å². The molecule has 1 N–H and O–H groups in total. The van der Waals surface area contributed by atoms with Gasteiger partial charge in [0.15, 0.2) is 6.79 Å². The third-order valence-corrected chi connectivity index (χ3v) is 9.33. The third-order valence-electron chi connectivity index (χ3n) is 6.91. The quantitative estimate of drug-likeness (QED) is 0.204. The summed E-state index contributed by atoms with van der Waals surface area (Å²) in [5, 5.41) is 5.17. The zero-order valence-corrected chi connectivity index (χ0v) is 24.2. The van der Waals surface area contributed by atoms with Crippen LogP contribution < -0.4 is 15.4 Å². The van der Waals surface area contributed by atoms with Crippen molar-refractivity contribution < 1.29 is 9.47 Å². The van der Waals surface area contributed by atoms with Crippen LogP contribution in [0.3, 0.4) is 0 Å². The summed E-state index contributed by atoms with van der Waals surface area (Å²) in [6, 6.07) is 24.1. The van der Waals surface area contributed by atoms with Gasteiger partial charge in [0, 0.05) is 36.3 Å². The molecule has 0 aromatic heterocycles. The Morgan fingerprint density at radius 2 is 1.50 bits per heavy atom. The highest BCUT2D eigenvalue weighted by molar-refractivity contribution is 7.48. The molecule has 3 aromatic rings. The molecule has 0 aliphatic rings. The number of ether oxygens (including phenoxy) is 2. The summed E-state index contributed by atoms with van der Waals surface area (Å²) in [7, 11) is 2.33. The number of hydrogen-bond donors (Lipinski definition) is 1. The maximum absolute atomic E-state index is 6.36. The SMILES string of the molecule is CCC(CC)(Pc1c(C)cccc1CNC(C)(C)C)c1cccc(Cc2ccccc2)c1OCOC. The van der Waals surface area contributed by atoms with Crippen molar-refractivity contribution in [2.24, 2.45) is 0 Å². The molecule has 0 spiro atoms. The second-order valence-corrected chi connectivity index (χ2v) is 12.3. The van der Waals surface area contributed by atoms with Crippen LogP contribution in [0.15, 0.2) is 66.7 Å². The van der Waals surface area contributed by atoms with Gasteiger partial charge in [0.25, 0.3) is 0 Å². The number of rotatable bonds is 12. The molecule has 0 amide bonds. The summed E-state index contributed by atoms with van der Waals surface area (Å²) < 4.78 is 11.7. The number of para-hydroxylation sites is 1. The van der Waals surface area contributed by atoms with Gasteiger partial charge in [-0.3, -0.25) is 0 Å². The maximum atomic E-state index is 6.36. The Morgan fingerprint density at radius 3 is 2.14 bits per heavy atom. The van der Waals surface area contributed by atoms with Gasteiger partial charge in [0.1, 0.15) is 5.75 Å². The number of benzene rings is 3. The molecule has 0 aliphatic heterocycles. The predicted octanol–water partition coefficient (Wildman–Crippen LogP) is 7.48. The molecule has 0 bridgehead atoms. The van der Waals surface area contributed by atoms with E-state index < -0.39 is 0 Å². The summed E-state index contributed by atoms with van der Waals surface area (Å²) in [4.78, 5) is 0. The lowest BCUT2D eigenvalue weighted by atomic mass is 9.89. The molecular weight excluding hydrogens is 461 g/mol. The Bertz CT molecular complexity index is 1100. The van der Waals surface area contributed by atoms with Gasteiger partial charge in [-0.05, 0) is 68.1 Å². The normalized spacial score (nSPS) is 12.4. The average molecular weight is 506 g/mol. The molecular formula is C32H44NO2P. The van der Waals surface area contributed by atoms with Crippen molar-refractivity contribution in [1.29, 1.82) is 0 Å². The van der Waals surface area contributed by atoms with Gasteiger partial charge < -0.3 is 14.8 Å². The lowest BCUT2D eigenvalue weighted by Gasteiger charge is -2.36. The molecule has 3 nitrogen and oxygen atoms in total. The van der Waals surface area contributed by atoms with Crippen LogP contribution in [0.5, 0.6) is 5.75 Å². The third kappa shape index (κ3) is 7.19. The second kappa shape index (κ2) is 12.9. The zero-order chi connectivity index (χ0) is 26.2. The van der Waals surface area contributed by atoms with Crippen molar-refractivity contribution in [2.75, 3.05) is 13.9 Å². The van der Waals surface area contributed by atoms with Crippen LogP contribution in [-0.4, -0.2) is 19.4 Å². The molecule has 1 unspecified atom stereocenters. The first kappa shape index (κ1) is 28.4. The molecule has 0 heterocycles. The predicted molar refractivity (Wildman–Crippen MR) is 156 cm³/mol. The van der Waals surface area contributed by atoms with E-state index in [2.05, 4.69) is 114 Å². The zero-order valence-electron chi connectivity index (χ0n) is 23.2. The first-order chi connectivity index (χ1) is 17.2. The van der Waals surface area contributed by atoms with Gasteiger partial charge in [0.2, 0.25) is 0 Å². The first-order valence-corrected chi connectivity index (χ1v) is 14.1. The lowest BCUT2D eigenvalue weighted by Crippen LogP contribution is -2.36. The van der Waals surface area contributed by atoms with Crippen LogP contribution in [0, 0.1) is 6.92 Å². The standard InChI is InChI=1S/C32H44NO2P/c1-8-32(9-2,36-30-24(3)15-13-19-27(30)22-33-31(4,5)6)28-20-14-18-26(29(28)35-23-34-7)21-25-16-11-10-12-17-25/h10-20,33,36H,8-9,21-23H2,1-7H3. The summed E-state index contributed by atoms with van der Waals surface area (Å²) in [5.74, 6) is 0.988. The Labute approximate surface area is 220 Å². The van der Waals surface area contributed by atoms with Crippen molar-refractivity contribution in [1.82, 2.24) is 5.32 Å². The average Bonchev–Trinajstić information content (AvgIpc) is 2.86. The van der Waals surface area contributed by atoms with Crippen molar-refractivity contribution in [2.45, 2.75) is 78.0 Å². The van der Waals surface area contributed by atoms with E-state index in [-0.39, 0.29) is 17.5 Å². The van der Waals surface area contributed by atoms with Gasteiger partial charge in [0.05, 0.1) is 0 Å². The van der Waals surface area contributed by atoms with Crippen LogP contribution in [0.4, 0.5) is 0 Å². The molecule has 36 heavy (non-hydrogen) atoms. The monoisotopic (exact) mass is 505 g/mol. The van der Waals surface area contributed by atoms with E-state index in [1.54, 1.807) is 7.11 Å². The van der Waals surface area contributed by atoms with Gasteiger partial charge >= 0.3 is 0 Å². The summed E-state index contributed by atoms with van der Waals surface area (Å²) in [5.41, 5.74) is 6.64. The highest BCUT2D eigenvalue weighted by Gasteiger charge is 2.34. The van der Waals surface area contributed by atoms with Gasteiger partial charge in [-0.15, -0.1) is 0 Å². The lowest BCUT2D eigenvalue weighted by molar-refractivity contribution is 0.0493. The van der Waals surface area contributed by atoms with E-state index >= 15 is 0 Å². The van der Waals surface area contributed by atoms with E-state index in [9.17, 15) is 0 Å². The molecule has 194 valence electrons. The Balaban J connectivity index is 2.08. The largest absolute Gasteiger partial charge is 0.467 e. The fraction of sp³-hybridized carbons (Fsp3) is 0.438. The minimum Gasteiger partial charge on any atom is -0.467 e. The molecule has 4 heteroatoms. The molecule has 0 saturated heterocycles. The van der Waals surface area contributed by atoms with Crippen LogP contribution >= 0.6 is 8.58 Å². The van der Waals surface area contributed by atoms with Crippen molar-refractivity contribution in [3.8, 4) is 5.75 Å². The molecule has 3 rings (SSSR count). The van der Waals surface area contributed by atoms with Crippen molar-refractivity contribution in [3.63, 3.8) is 0 Å². The highest BCUT2D eigenvalue weighted by atomic mass is 31.1. The maximum Gasteiger partial charge on any atom is 0.188 e. The molecule has 0 fully saturated rings. The van der Waals surface area contributed by atoms with Crippen molar-refractivity contribution >= 4 is 13.9 Å². The van der Waals surface area contributed by atoms with Gasteiger partial charge in [-0.25, -0.2) is 0 Å². The van der Waals surface area contributed by atoms with Gasteiger partial charge in [-0.1, -0.05) is 89.2 Å². The minimum atomic E-state index is -0.0155. The fourth-order valence-electron chi connectivity index (χ4n) is 4.73. The summed E-state index contributed by atoms with van der Waals surface area (Å²) >= 11 is 0. The van der Waals surface area contributed by atoms with E-state index in [4.69, 9.17) is 9.47 Å². The van der Waals surface area contributed by atoms with E-state index in [1.165, 1.54) is 33.1 Å². The number of aryl methyl sites for hydroxylation is 1. The van der Waals surface area contributed by atoms with E-state index in [0.717, 1.165) is 31.6 Å².